The zero-order valence-corrected chi connectivity index (χ0v) is 53.3. The normalized spacial score (nSPS) is 12.1. The van der Waals surface area contributed by atoms with Crippen LogP contribution in [0.5, 0.6) is 0 Å². The fraction of sp³-hybridized carbons (Fsp3) is 0. The molecule has 22 rings (SSSR count). The molecule has 0 spiro atoms. The van der Waals surface area contributed by atoms with Crippen molar-refractivity contribution in [1.29, 1.82) is 0 Å². The fourth-order valence-corrected chi connectivity index (χ4v) is 16.9. The fourth-order valence-electron chi connectivity index (χ4n) is 16.9. The van der Waals surface area contributed by atoms with Crippen LogP contribution >= 0.6 is 0 Å². The zero-order valence-electron chi connectivity index (χ0n) is 53.3. The third-order valence-corrected chi connectivity index (χ3v) is 21.1. The first kappa shape index (κ1) is 54.4. The van der Waals surface area contributed by atoms with Gasteiger partial charge >= 0.3 is 0 Å². The highest BCUT2D eigenvalue weighted by Crippen LogP contribution is 2.50. The third-order valence-electron chi connectivity index (χ3n) is 21.1. The second kappa shape index (κ2) is 21.2. The summed E-state index contributed by atoms with van der Waals surface area (Å²) in [5.41, 5.74) is 24.7. The largest absolute Gasteiger partial charge is 0.309 e. The zero-order chi connectivity index (χ0) is 64.1. The molecule has 4 nitrogen and oxygen atoms in total. The Kier molecular flexibility index (Phi) is 11.8. The number of hydrogen-bond acceptors (Lipinski definition) is 0. The van der Waals surface area contributed by atoms with Crippen LogP contribution in [0.1, 0.15) is 0 Å². The first-order valence-corrected chi connectivity index (χ1v) is 33.9. The van der Waals surface area contributed by atoms with Crippen LogP contribution in [0.15, 0.2) is 352 Å². The lowest BCUT2D eigenvalue weighted by atomic mass is 9.94. The first-order chi connectivity index (χ1) is 48.6. The summed E-state index contributed by atoms with van der Waals surface area (Å²) in [6.45, 7) is 0. The number of para-hydroxylation sites is 6. The van der Waals surface area contributed by atoms with Crippen molar-refractivity contribution in [3.8, 4) is 67.3 Å². The SMILES string of the molecule is c1ccc(-n2c3ccccc3c3cc(-c4ccc5c(c4)c4ccccc4n5-c4ccc5c6c(cccc46)-c4ccccc4-5)ccc32)cc1.c1ccc(-n2c3ccccc3c3cc(-c4ccc5c(c4)c4ccccc4n5-c4ccc5c6ccccc6c6ccccc6c5c4)ccc32)cc1. The standard InChI is InChI=1S/C48H30N2.C46H28N2/c1-2-12-33(13-3-1)49-45-20-10-8-18-40(45)43-28-31(22-26-47(43)49)32-23-27-48-44(29-32)41-19-9-11-21-46(41)50(48)34-24-25-39-37-16-5-4-14-35(37)36-15-6-7-17-38(36)42(39)30-34;1-2-11-31(12-3-1)47-41-19-8-6-15-34(41)39-27-29(21-24-44(39)47)30-22-25-45-40(28-30)35-16-7-9-20-42(35)48(45)43-26-23-37-33-14-5-4-13-32(33)36-17-10-18-38(43)46(36)37/h1-30H;1-28H. The Morgan fingerprint density at radius 3 is 0.888 bits per heavy atom. The smallest absolute Gasteiger partial charge is 0.0541 e. The van der Waals surface area contributed by atoms with E-state index in [9.17, 15) is 0 Å². The van der Waals surface area contributed by atoms with E-state index in [4.69, 9.17) is 0 Å². The molecule has 0 bridgehead atoms. The van der Waals surface area contributed by atoms with Crippen LogP contribution in [0.2, 0.25) is 0 Å². The van der Waals surface area contributed by atoms with Gasteiger partial charge in [-0.3, -0.25) is 0 Å². The molecule has 21 aromatic rings. The predicted molar refractivity (Wildman–Crippen MR) is 416 cm³/mol. The molecule has 98 heavy (non-hydrogen) atoms. The van der Waals surface area contributed by atoms with E-state index >= 15 is 0 Å². The van der Waals surface area contributed by atoms with Crippen LogP contribution in [0.4, 0.5) is 0 Å². The second-order valence-electron chi connectivity index (χ2n) is 26.2. The Hall–Kier alpha value is -13.0. The molecule has 0 aliphatic heterocycles. The second-order valence-corrected chi connectivity index (χ2v) is 26.2. The van der Waals surface area contributed by atoms with Gasteiger partial charge in [-0.1, -0.05) is 237 Å². The van der Waals surface area contributed by atoms with Crippen LogP contribution in [0.25, 0.3) is 198 Å². The van der Waals surface area contributed by atoms with Crippen molar-refractivity contribution < 1.29 is 0 Å². The summed E-state index contributed by atoms with van der Waals surface area (Å²) in [5.74, 6) is 0. The average Bonchev–Trinajstić information content (AvgIpc) is 1.47. The summed E-state index contributed by atoms with van der Waals surface area (Å²) in [6, 6.07) is 129. The number of fused-ring (bicyclic) bond motifs is 21. The van der Waals surface area contributed by atoms with Gasteiger partial charge in [0.25, 0.3) is 0 Å². The number of aromatic nitrogens is 4. The highest BCUT2D eigenvalue weighted by atomic mass is 15.0. The lowest BCUT2D eigenvalue weighted by molar-refractivity contribution is 1.18. The van der Waals surface area contributed by atoms with E-state index in [1.807, 2.05) is 0 Å². The Labute approximate surface area is 564 Å². The van der Waals surface area contributed by atoms with Crippen molar-refractivity contribution in [3.05, 3.63) is 352 Å². The third kappa shape index (κ3) is 8.00. The van der Waals surface area contributed by atoms with Crippen LogP contribution in [-0.2, 0) is 0 Å². The van der Waals surface area contributed by atoms with E-state index in [2.05, 4.69) is 370 Å². The van der Waals surface area contributed by atoms with Gasteiger partial charge in [0.05, 0.1) is 49.8 Å². The molecule has 0 unspecified atom stereocenters. The summed E-state index contributed by atoms with van der Waals surface area (Å²) in [4.78, 5) is 0. The van der Waals surface area contributed by atoms with E-state index < -0.39 is 0 Å². The van der Waals surface area contributed by atoms with Gasteiger partial charge < -0.3 is 18.3 Å². The highest BCUT2D eigenvalue weighted by molar-refractivity contribution is 6.26. The lowest BCUT2D eigenvalue weighted by Crippen LogP contribution is -1.95. The molecule has 17 aromatic carbocycles. The summed E-state index contributed by atoms with van der Waals surface area (Å²) < 4.78 is 9.66. The van der Waals surface area contributed by atoms with Crippen molar-refractivity contribution >= 4 is 130 Å². The van der Waals surface area contributed by atoms with Crippen LogP contribution < -0.4 is 0 Å². The number of benzene rings is 17. The van der Waals surface area contributed by atoms with Crippen molar-refractivity contribution in [2.75, 3.05) is 0 Å². The number of hydrogen-bond donors (Lipinski definition) is 0. The molecule has 0 fully saturated rings. The summed E-state index contributed by atoms with van der Waals surface area (Å²) in [7, 11) is 0. The minimum Gasteiger partial charge on any atom is -0.309 e. The van der Waals surface area contributed by atoms with E-state index in [0.717, 1.165) is 0 Å². The predicted octanol–water partition coefficient (Wildman–Crippen LogP) is 25.4. The minimum absolute atomic E-state index is 1.17. The molecule has 0 saturated heterocycles. The lowest BCUT2D eigenvalue weighted by Gasteiger charge is -2.14. The van der Waals surface area contributed by atoms with Gasteiger partial charge in [-0.05, 0) is 197 Å². The van der Waals surface area contributed by atoms with Gasteiger partial charge in [0.15, 0.2) is 0 Å². The molecule has 454 valence electrons. The topological polar surface area (TPSA) is 19.7 Å². The molecule has 4 heteroatoms. The Morgan fingerprint density at radius 1 is 0.143 bits per heavy atom. The molecular weight excluding hydrogens is 1190 g/mol. The van der Waals surface area contributed by atoms with Gasteiger partial charge in [0.2, 0.25) is 0 Å². The minimum atomic E-state index is 1.17. The number of nitrogens with zero attached hydrogens (tertiary/aromatic N) is 4. The van der Waals surface area contributed by atoms with Gasteiger partial charge in [-0.2, -0.15) is 0 Å². The van der Waals surface area contributed by atoms with Crippen LogP contribution in [-0.4, -0.2) is 18.3 Å². The molecule has 0 amide bonds. The highest BCUT2D eigenvalue weighted by Gasteiger charge is 2.25. The Bertz CT molecular complexity index is 6850. The van der Waals surface area contributed by atoms with Crippen LogP contribution in [0.3, 0.4) is 0 Å². The monoisotopic (exact) mass is 1240 g/mol. The summed E-state index contributed by atoms with van der Waals surface area (Å²) in [6.07, 6.45) is 0. The average molecular weight is 1240 g/mol. The van der Waals surface area contributed by atoms with E-state index in [1.165, 1.54) is 198 Å². The summed E-state index contributed by atoms with van der Waals surface area (Å²) >= 11 is 0. The molecule has 4 heterocycles. The maximum absolute atomic E-state index is 2.47. The Balaban J connectivity index is 0.000000129. The molecule has 1 aliphatic rings. The van der Waals surface area contributed by atoms with Crippen LogP contribution in [0, 0.1) is 0 Å². The number of rotatable bonds is 6. The molecule has 1 aliphatic carbocycles. The van der Waals surface area contributed by atoms with Gasteiger partial charge in [-0.25, -0.2) is 0 Å². The molecule has 0 N–H and O–H groups in total. The Morgan fingerprint density at radius 2 is 0.449 bits per heavy atom. The van der Waals surface area contributed by atoms with Gasteiger partial charge in [-0.15, -0.1) is 0 Å². The van der Waals surface area contributed by atoms with E-state index in [-0.39, 0.29) is 0 Å². The molecule has 0 atom stereocenters. The maximum atomic E-state index is 2.47. The van der Waals surface area contributed by atoms with E-state index in [0.29, 0.717) is 0 Å². The maximum Gasteiger partial charge on any atom is 0.0541 e. The summed E-state index contributed by atoms with van der Waals surface area (Å²) in [5, 5.41) is 20.5. The van der Waals surface area contributed by atoms with E-state index in [1.54, 1.807) is 0 Å². The van der Waals surface area contributed by atoms with Crippen molar-refractivity contribution in [3.63, 3.8) is 0 Å². The molecule has 0 saturated carbocycles. The first-order valence-electron chi connectivity index (χ1n) is 33.9. The van der Waals surface area contributed by atoms with Crippen molar-refractivity contribution in [2.45, 2.75) is 0 Å². The molecule has 4 aromatic heterocycles. The van der Waals surface area contributed by atoms with Gasteiger partial charge in [0, 0.05) is 65.5 Å². The molecule has 0 radical (unpaired) electrons. The van der Waals surface area contributed by atoms with Crippen molar-refractivity contribution in [2.24, 2.45) is 0 Å². The quantitative estimate of drug-likeness (QED) is 0.148. The van der Waals surface area contributed by atoms with Gasteiger partial charge in [0.1, 0.15) is 0 Å². The van der Waals surface area contributed by atoms with Crippen molar-refractivity contribution in [1.82, 2.24) is 18.3 Å². The molecular formula is C94H58N4.